The van der Waals surface area contributed by atoms with E-state index in [1.807, 2.05) is 36.4 Å². The molecule has 0 aliphatic heterocycles. The normalized spacial score (nSPS) is 10.3. The molecule has 1 amide bonds. The lowest BCUT2D eigenvalue weighted by Crippen LogP contribution is -2.14. The molecule has 1 aromatic heterocycles. The van der Waals surface area contributed by atoms with Crippen LogP contribution in [0, 0.1) is 11.3 Å². The van der Waals surface area contributed by atoms with Gasteiger partial charge in [-0.3, -0.25) is 4.79 Å². The van der Waals surface area contributed by atoms with Crippen molar-refractivity contribution in [3.63, 3.8) is 0 Å². The zero-order valence-corrected chi connectivity index (χ0v) is 15.0. The maximum absolute atomic E-state index is 12.0. The second-order valence-electron chi connectivity index (χ2n) is 5.27. The lowest BCUT2D eigenvalue weighted by atomic mass is 10.2. The first-order chi connectivity index (χ1) is 12.6. The highest BCUT2D eigenvalue weighted by Crippen LogP contribution is 2.21. The van der Waals surface area contributed by atoms with E-state index in [0.29, 0.717) is 33.8 Å². The van der Waals surface area contributed by atoms with Gasteiger partial charge in [-0.15, -0.1) is 10.2 Å². The standard InChI is InChI=1S/C18H13ClN4O2S/c19-15-9-14(7-6-13(15)10-20)21-16(24)11-26-18-23-22-17(25-18)8-12-4-2-1-3-5-12/h1-7,9H,8,11H2,(H,21,24). The molecule has 26 heavy (non-hydrogen) atoms. The van der Waals surface area contributed by atoms with E-state index in [2.05, 4.69) is 15.5 Å². The molecule has 0 radical (unpaired) electrons. The molecule has 0 saturated carbocycles. The first-order valence-electron chi connectivity index (χ1n) is 7.62. The Balaban J connectivity index is 1.52. The van der Waals surface area contributed by atoms with Gasteiger partial charge in [0.05, 0.1) is 22.8 Å². The number of hydrogen-bond donors (Lipinski definition) is 1. The molecular formula is C18H13ClN4O2S. The van der Waals surface area contributed by atoms with Gasteiger partial charge in [0, 0.05) is 5.69 Å². The molecule has 1 heterocycles. The van der Waals surface area contributed by atoms with E-state index in [4.69, 9.17) is 21.3 Å². The van der Waals surface area contributed by atoms with E-state index in [9.17, 15) is 4.79 Å². The van der Waals surface area contributed by atoms with Gasteiger partial charge in [0.2, 0.25) is 11.8 Å². The first-order valence-corrected chi connectivity index (χ1v) is 8.99. The summed E-state index contributed by atoms with van der Waals surface area (Å²) in [5, 5.41) is 20.1. The number of anilines is 1. The summed E-state index contributed by atoms with van der Waals surface area (Å²) in [7, 11) is 0. The number of carbonyl (C=O) groups is 1. The number of nitrogens with zero attached hydrogens (tertiary/aromatic N) is 3. The molecule has 6 nitrogen and oxygen atoms in total. The number of rotatable bonds is 6. The number of aromatic nitrogens is 2. The molecule has 130 valence electrons. The van der Waals surface area contributed by atoms with E-state index in [0.717, 1.165) is 17.3 Å². The molecule has 0 aliphatic carbocycles. The molecule has 0 bridgehead atoms. The number of benzene rings is 2. The van der Waals surface area contributed by atoms with E-state index in [-0.39, 0.29) is 11.7 Å². The van der Waals surface area contributed by atoms with Gasteiger partial charge in [0.25, 0.3) is 5.22 Å². The van der Waals surface area contributed by atoms with Crippen LogP contribution in [0.15, 0.2) is 58.2 Å². The van der Waals surface area contributed by atoms with Gasteiger partial charge in [-0.1, -0.05) is 53.7 Å². The zero-order chi connectivity index (χ0) is 18.4. The number of hydrogen-bond acceptors (Lipinski definition) is 6. The van der Waals surface area contributed by atoms with Crippen LogP contribution >= 0.6 is 23.4 Å². The fourth-order valence-corrected chi connectivity index (χ4v) is 2.95. The molecule has 0 atom stereocenters. The third-order valence-corrected chi connectivity index (χ3v) is 4.48. The Kier molecular flexibility index (Phi) is 5.89. The molecule has 1 N–H and O–H groups in total. The number of nitriles is 1. The van der Waals surface area contributed by atoms with Crippen LogP contribution in [0.5, 0.6) is 0 Å². The highest BCUT2D eigenvalue weighted by Gasteiger charge is 2.11. The SMILES string of the molecule is N#Cc1ccc(NC(=O)CSc2nnc(Cc3ccccc3)o2)cc1Cl. The van der Waals surface area contributed by atoms with Crippen LogP contribution in [0.4, 0.5) is 5.69 Å². The number of carbonyl (C=O) groups excluding carboxylic acids is 1. The summed E-state index contributed by atoms with van der Waals surface area (Å²) >= 11 is 7.10. The summed E-state index contributed by atoms with van der Waals surface area (Å²) in [6.45, 7) is 0. The van der Waals surface area contributed by atoms with Crippen molar-refractivity contribution < 1.29 is 9.21 Å². The van der Waals surface area contributed by atoms with Gasteiger partial charge < -0.3 is 9.73 Å². The van der Waals surface area contributed by atoms with Crippen LogP contribution in [0.2, 0.25) is 5.02 Å². The van der Waals surface area contributed by atoms with Gasteiger partial charge >= 0.3 is 0 Å². The van der Waals surface area contributed by atoms with E-state index >= 15 is 0 Å². The summed E-state index contributed by atoms with van der Waals surface area (Å²) in [6, 6.07) is 16.5. The van der Waals surface area contributed by atoms with Crippen LogP contribution in [0.1, 0.15) is 17.0 Å². The Hall–Kier alpha value is -2.82. The van der Waals surface area contributed by atoms with Crippen molar-refractivity contribution in [2.45, 2.75) is 11.6 Å². The van der Waals surface area contributed by atoms with Crippen molar-refractivity contribution in [1.29, 1.82) is 5.26 Å². The monoisotopic (exact) mass is 384 g/mol. The highest BCUT2D eigenvalue weighted by atomic mass is 35.5. The predicted octanol–water partition coefficient (Wildman–Crippen LogP) is 3.92. The molecule has 8 heteroatoms. The van der Waals surface area contributed by atoms with Crippen LogP contribution in [0.25, 0.3) is 0 Å². The smallest absolute Gasteiger partial charge is 0.277 e. The Labute approximate surface area is 159 Å². The van der Waals surface area contributed by atoms with Crippen molar-refractivity contribution in [1.82, 2.24) is 10.2 Å². The molecule has 0 aliphatic rings. The topological polar surface area (TPSA) is 91.8 Å². The Bertz CT molecular complexity index is 953. The lowest BCUT2D eigenvalue weighted by Gasteiger charge is -2.05. The first kappa shape index (κ1) is 18.0. The van der Waals surface area contributed by atoms with Gasteiger partial charge in [-0.2, -0.15) is 5.26 Å². The molecule has 3 aromatic rings. The summed E-state index contributed by atoms with van der Waals surface area (Å²) in [5.74, 6) is 0.376. The molecular weight excluding hydrogens is 372 g/mol. The molecule has 2 aromatic carbocycles. The van der Waals surface area contributed by atoms with Gasteiger partial charge in [0.1, 0.15) is 6.07 Å². The molecule has 0 fully saturated rings. The summed E-state index contributed by atoms with van der Waals surface area (Å²) < 4.78 is 5.54. The molecule has 0 spiro atoms. The van der Waals surface area contributed by atoms with E-state index < -0.39 is 0 Å². The molecule has 0 saturated heterocycles. The Morgan fingerprint density at radius 2 is 2.04 bits per heavy atom. The minimum absolute atomic E-state index is 0.116. The summed E-state index contributed by atoms with van der Waals surface area (Å²) in [6.07, 6.45) is 0.546. The van der Waals surface area contributed by atoms with Crippen molar-refractivity contribution in [3.8, 4) is 6.07 Å². The van der Waals surface area contributed by atoms with Gasteiger partial charge in [0.15, 0.2) is 0 Å². The molecule has 3 rings (SSSR count). The van der Waals surface area contributed by atoms with Crippen LogP contribution < -0.4 is 5.32 Å². The zero-order valence-electron chi connectivity index (χ0n) is 13.5. The van der Waals surface area contributed by atoms with Crippen LogP contribution in [-0.4, -0.2) is 21.9 Å². The van der Waals surface area contributed by atoms with Crippen molar-refractivity contribution in [2.75, 3.05) is 11.1 Å². The van der Waals surface area contributed by atoms with Gasteiger partial charge in [-0.25, -0.2) is 0 Å². The number of thioether (sulfide) groups is 1. The minimum Gasteiger partial charge on any atom is -0.416 e. The Morgan fingerprint density at radius 1 is 1.23 bits per heavy atom. The fraction of sp³-hybridized carbons (Fsp3) is 0.111. The number of amides is 1. The van der Waals surface area contributed by atoms with Crippen molar-refractivity contribution >= 4 is 35.0 Å². The van der Waals surface area contributed by atoms with Gasteiger partial charge in [-0.05, 0) is 23.8 Å². The average molecular weight is 385 g/mol. The Morgan fingerprint density at radius 3 is 2.77 bits per heavy atom. The lowest BCUT2D eigenvalue weighted by molar-refractivity contribution is -0.113. The third kappa shape index (κ3) is 4.85. The van der Waals surface area contributed by atoms with E-state index in [1.54, 1.807) is 12.1 Å². The van der Waals surface area contributed by atoms with Crippen molar-refractivity contribution in [3.05, 3.63) is 70.6 Å². The quantitative estimate of drug-likeness (QED) is 0.647. The third-order valence-electron chi connectivity index (χ3n) is 3.35. The number of nitrogens with one attached hydrogen (secondary N) is 1. The molecule has 0 unspecified atom stereocenters. The summed E-state index contributed by atoms with van der Waals surface area (Å²) in [4.78, 5) is 12.0. The maximum atomic E-state index is 12.0. The minimum atomic E-state index is -0.237. The predicted molar refractivity (Wildman–Crippen MR) is 99.1 cm³/mol. The highest BCUT2D eigenvalue weighted by molar-refractivity contribution is 7.99. The average Bonchev–Trinajstić information content (AvgIpc) is 3.08. The van der Waals surface area contributed by atoms with E-state index in [1.165, 1.54) is 6.07 Å². The summed E-state index contributed by atoms with van der Waals surface area (Å²) in [5.41, 5.74) is 1.95. The van der Waals surface area contributed by atoms with Crippen LogP contribution in [-0.2, 0) is 11.2 Å². The maximum Gasteiger partial charge on any atom is 0.277 e. The van der Waals surface area contributed by atoms with Crippen LogP contribution in [0.3, 0.4) is 0 Å². The largest absolute Gasteiger partial charge is 0.416 e. The second-order valence-corrected chi connectivity index (χ2v) is 6.60. The fourth-order valence-electron chi connectivity index (χ4n) is 2.15. The van der Waals surface area contributed by atoms with Crippen molar-refractivity contribution in [2.24, 2.45) is 0 Å². The number of halogens is 1. The second kappa shape index (κ2) is 8.52.